The summed E-state index contributed by atoms with van der Waals surface area (Å²) < 4.78 is 1.29. The number of aromatic nitrogens is 1. The monoisotopic (exact) mass is 358 g/mol. The van der Waals surface area contributed by atoms with E-state index in [1.165, 1.54) is 19.7 Å². The molecule has 4 heteroatoms. The van der Waals surface area contributed by atoms with Gasteiger partial charge in [-0.1, -0.05) is 6.07 Å². The molecule has 0 amide bonds. The van der Waals surface area contributed by atoms with Crippen LogP contribution in [-0.2, 0) is 0 Å². The zero-order valence-electron chi connectivity index (χ0n) is 10.1. The fraction of sp³-hybridized carbons (Fsp3) is 0.308. The van der Waals surface area contributed by atoms with Crippen LogP contribution in [0.2, 0.25) is 0 Å². The van der Waals surface area contributed by atoms with Gasteiger partial charge in [-0.25, -0.2) is 4.98 Å². The third kappa shape index (κ3) is 2.98. The molecular weight excluding hydrogens is 343 g/mol. The van der Waals surface area contributed by atoms with Crippen molar-refractivity contribution in [2.75, 3.05) is 5.32 Å². The first-order chi connectivity index (χ1) is 8.08. The summed E-state index contributed by atoms with van der Waals surface area (Å²) in [6, 6.07) is 6.77. The Kier molecular flexibility index (Phi) is 4.04. The highest BCUT2D eigenvalue weighted by Crippen LogP contribution is 2.26. The summed E-state index contributed by atoms with van der Waals surface area (Å²) in [6.07, 6.45) is 0. The lowest BCUT2D eigenvalue weighted by Crippen LogP contribution is -2.06. The van der Waals surface area contributed by atoms with Crippen molar-refractivity contribution in [1.29, 1.82) is 0 Å². The Morgan fingerprint density at radius 3 is 2.71 bits per heavy atom. The van der Waals surface area contributed by atoms with Crippen molar-refractivity contribution in [3.63, 3.8) is 0 Å². The second-order valence-electron chi connectivity index (χ2n) is 4.13. The van der Waals surface area contributed by atoms with Crippen LogP contribution in [-0.4, -0.2) is 4.98 Å². The largest absolute Gasteiger partial charge is 0.378 e. The molecule has 1 atom stereocenters. The lowest BCUT2D eigenvalue weighted by atomic mass is 10.2. The van der Waals surface area contributed by atoms with Crippen molar-refractivity contribution in [1.82, 2.24) is 4.98 Å². The lowest BCUT2D eigenvalue weighted by Gasteiger charge is -2.15. The average molecular weight is 358 g/mol. The minimum absolute atomic E-state index is 0.306. The van der Waals surface area contributed by atoms with Crippen molar-refractivity contribution in [3.8, 4) is 0 Å². The number of rotatable bonds is 3. The second kappa shape index (κ2) is 5.35. The van der Waals surface area contributed by atoms with Crippen molar-refractivity contribution in [2.45, 2.75) is 26.8 Å². The first-order valence-corrected chi connectivity index (χ1v) is 7.46. The summed E-state index contributed by atoms with van der Waals surface area (Å²) in [4.78, 5) is 5.59. The fourth-order valence-corrected chi connectivity index (χ4v) is 3.05. The molecule has 0 radical (unpaired) electrons. The quantitative estimate of drug-likeness (QED) is 0.815. The summed E-state index contributed by atoms with van der Waals surface area (Å²) in [7, 11) is 0. The van der Waals surface area contributed by atoms with E-state index < -0.39 is 0 Å². The van der Waals surface area contributed by atoms with E-state index >= 15 is 0 Å². The van der Waals surface area contributed by atoms with Crippen LogP contribution in [0.4, 0.5) is 5.69 Å². The van der Waals surface area contributed by atoms with Crippen LogP contribution in [0, 0.1) is 17.4 Å². The van der Waals surface area contributed by atoms with Crippen molar-refractivity contribution in [3.05, 3.63) is 43.4 Å². The van der Waals surface area contributed by atoms with Gasteiger partial charge >= 0.3 is 0 Å². The van der Waals surface area contributed by atoms with Gasteiger partial charge in [0.2, 0.25) is 0 Å². The van der Waals surface area contributed by atoms with E-state index in [9.17, 15) is 0 Å². The summed E-state index contributed by atoms with van der Waals surface area (Å²) in [5, 5.41) is 3.52. The second-order valence-corrected chi connectivity index (χ2v) is 6.18. The van der Waals surface area contributed by atoms with Gasteiger partial charge in [0.05, 0.1) is 17.2 Å². The number of benzene rings is 1. The molecule has 0 saturated carbocycles. The molecule has 1 aromatic carbocycles. The molecule has 0 bridgehead atoms. The van der Waals surface area contributed by atoms with E-state index in [1.54, 1.807) is 11.3 Å². The third-order valence-electron chi connectivity index (χ3n) is 2.73. The number of nitrogens with one attached hydrogen (secondary N) is 1. The molecule has 2 aromatic rings. The summed E-state index contributed by atoms with van der Waals surface area (Å²) in [6.45, 7) is 6.36. The predicted octanol–water partition coefficient (Wildman–Crippen LogP) is 4.54. The zero-order chi connectivity index (χ0) is 12.4. The van der Waals surface area contributed by atoms with E-state index in [1.807, 2.05) is 5.51 Å². The Labute approximate surface area is 120 Å². The number of anilines is 1. The topological polar surface area (TPSA) is 24.9 Å². The molecule has 0 saturated heterocycles. The van der Waals surface area contributed by atoms with Crippen molar-refractivity contribution in [2.24, 2.45) is 0 Å². The van der Waals surface area contributed by atoms with Crippen LogP contribution in [0.5, 0.6) is 0 Å². The molecule has 1 unspecified atom stereocenters. The Bertz CT molecular complexity index is 522. The van der Waals surface area contributed by atoms with Crippen LogP contribution in [0.15, 0.2) is 23.7 Å². The third-order valence-corrected chi connectivity index (χ3v) is 5.01. The summed E-state index contributed by atoms with van der Waals surface area (Å²) in [5.41, 5.74) is 5.51. The van der Waals surface area contributed by atoms with Gasteiger partial charge in [0.15, 0.2) is 0 Å². The van der Waals surface area contributed by atoms with Crippen LogP contribution in [0.1, 0.15) is 29.1 Å². The Hall–Kier alpha value is -0.620. The first kappa shape index (κ1) is 12.8. The van der Waals surface area contributed by atoms with Gasteiger partial charge < -0.3 is 5.32 Å². The highest BCUT2D eigenvalue weighted by Gasteiger charge is 2.10. The number of hydrogen-bond acceptors (Lipinski definition) is 3. The van der Waals surface area contributed by atoms with Gasteiger partial charge in [-0.05, 0) is 61.1 Å². The maximum absolute atomic E-state index is 4.29. The van der Waals surface area contributed by atoms with E-state index in [0.29, 0.717) is 6.04 Å². The maximum Gasteiger partial charge on any atom is 0.0798 e. The minimum atomic E-state index is 0.306. The van der Waals surface area contributed by atoms with Gasteiger partial charge in [-0.3, -0.25) is 0 Å². The molecule has 1 heterocycles. The molecule has 0 fully saturated rings. The van der Waals surface area contributed by atoms with Gasteiger partial charge in [0.1, 0.15) is 0 Å². The summed E-state index contributed by atoms with van der Waals surface area (Å²) >= 11 is 4.08. The Balaban J connectivity index is 2.16. The van der Waals surface area contributed by atoms with Crippen LogP contribution in [0.25, 0.3) is 0 Å². The highest BCUT2D eigenvalue weighted by molar-refractivity contribution is 14.1. The Morgan fingerprint density at radius 2 is 2.12 bits per heavy atom. The smallest absolute Gasteiger partial charge is 0.0798 e. The van der Waals surface area contributed by atoms with E-state index in [-0.39, 0.29) is 0 Å². The molecule has 1 aromatic heterocycles. The molecular formula is C13H15IN2S. The Morgan fingerprint density at radius 1 is 1.35 bits per heavy atom. The lowest BCUT2D eigenvalue weighted by molar-refractivity contribution is 0.890. The summed E-state index contributed by atoms with van der Waals surface area (Å²) in [5.74, 6) is 0. The van der Waals surface area contributed by atoms with Gasteiger partial charge in [0, 0.05) is 14.1 Å². The molecule has 1 N–H and O–H groups in total. The van der Waals surface area contributed by atoms with Gasteiger partial charge in [-0.15, -0.1) is 11.3 Å². The SMILES string of the molecule is Cc1ccc(NC(C)c2scnc2C)cc1I. The van der Waals surface area contributed by atoms with Crippen molar-refractivity contribution < 1.29 is 0 Å². The molecule has 0 aliphatic rings. The van der Waals surface area contributed by atoms with E-state index in [0.717, 1.165) is 5.69 Å². The van der Waals surface area contributed by atoms with Gasteiger partial charge in [0.25, 0.3) is 0 Å². The molecule has 17 heavy (non-hydrogen) atoms. The van der Waals surface area contributed by atoms with Crippen LogP contribution >= 0.6 is 33.9 Å². The normalized spacial score (nSPS) is 12.5. The number of halogens is 1. The van der Waals surface area contributed by atoms with Crippen LogP contribution in [0.3, 0.4) is 0 Å². The zero-order valence-corrected chi connectivity index (χ0v) is 13.1. The number of hydrogen-bond donors (Lipinski definition) is 1. The predicted molar refractivity (Wildman–Crippen MR) is 82.8 cm³/mol. The molecule has 90 valence electrons. The van der Waals surface area contributed by atoms with Crippen LogP contribution < -0.4 is 5.32 Å². The number of aryl methyl sites for hydroxylation is 2. The number of nitrogens with zero attached hydrogens (tertiary/aromatic N) is 1. The fourth-order valence-electron chi connectivity index (χ4n) is 1.72. The van der Waals surface area contributed by atoms with E-state index in [4.69, 9.17) is 0 Å². The standard InChI is InChI=1S/C13H15IN2S/c1-8-4-5-11(6-12(8)14)16-10(3)13-9(2)15-7-17-13/h4-7,10,16H,1-3H3. The first-order valence-electron chi connectivity index (χ1n) is 5.50. The molecule has 2 nitrogen and oxygen atoms in total. The van der Waals surface area contributed by atoms with Gasteiger partial charge in [-0.2, -0.15) is 0 Å². The van der Waals surface area contributed by atoms with E-state index in [2.05, 4.69) is 71.9 Å². The average Bonchev–Trinajstić information content (AvgIpc) is 2.70. The van der Waals surface area contributed by atoms with Crippen molar-refractivity contribution >= 4 is 39.6 Å². The number of thiazole rings is 1. The molecule has 0 aliphatic carbocycles. The molecule has 0 spiro atoms. The molecule has 2 rings (SSSR count). The molecule has 0 aliphatic heterocycles. The minimum Gasteiger partial charge on any atom is -0.378 e. The maximum atomic E-state index is 4.29. The highest BCUT2D eigenvalue weighted by atomic mass is 127.